The van der Waals surface area contributed by atoms with Crippen molar-refractivity contribution in [1.82, 2.24) is 9.21 Å². The van der Waals surface area contributed by atoms with Gasteiger partial charge in [-0.05, 0) is 24.1 Å². The molecule has 25 heavy (non-hydrogen) atoms. The molecule has 0 aromatic heterocycles. The van der Waals surface area contributed by atoms with Crippen LogP contribution in [0.2, 0.25) is 0 Å². The Morgan fingerprint density at radius 1 is 1.40 bits per heavy atom. The maximum Gasteiger partial charge on any atom is 0.416 e. The van der Waals surface area contributed by atoms with Gasteiger partial charge in [0.25, 0.3) is 0 Å². The van der Waals surface area contributed by atoms with Crippen molar-refractivity contribution in [3.05, 3.63) is 34.9 Å². The fraction of sp³-hybridized carbons (Fsp3) is 0.562. The van der Waals surface area contributed by atoms with Crippen LogP contribution in [0.4, 0.5) is 13.2 Å². The molecule has 1 N–H and O–H groups in total. The molecule has 1 aromatic rings. The molecule has 1 saturated heterocycles. The number of hydrogen-bond donors (Lipinski definition) is 1. The molecule has 140 valence electrons. The van der Waals surface area contributed by atoms with Gasteiger partial charge in [0.05, 0.1) is 17.2 Å². The molecule has 1 heterocycles. The number of carbonyl (C=O) groups is 1. The van der Waals surface area contributed by atoms with Crippen LogP contribution in [0, 0.1) is 0 Å². The summed E-state index contributed by atoms with van der Waals surface area (Å²) in [6.07, 6.45) is -0.605. The first-order valence-corrected chi connectivity index (χ1v) is 10.1. The largest absolute Gasteiger partial charge is 0.478 e. The van der Waals surface area contributed by atoms with Crippen LogP contribution in [-0.4, -0.2) is 59.0 Å². The van der Waals surface area contributed by atoms with Crippen LogP contribution in [0.3, 0.4) is 0 Å². The Labute approximate surface area is 146 Å². The van der Waals surface area contributed by atoms with E-state index in [1.165, 1.54) is 12.1 Å². The summed E-state index contributed by atoms with van der Waals surface area (Å²) in [5.74, 6) is -1.39. The van der Waals surface area contributed by atoms with Crippen molar-refractivity contribution in [2.24, 2.45) is 0 Å². The van der Waals surface area contributed by atoms with Crippen molar-refractivity contribution < 1.29 is 27.3 Å². The van der Waals surface area contributed by atoms with Crippen LogP contribution in [0.15, 0.2) is 18.2 Å². The van der Waals surface area contributed by atoms with Gasteiger partial charge in [-0.15, -0.1) is 4.31 Å². The number of alkyl halides is 3. The number of likely N-dealkylation sites (tertiary alicyclic amines) is 1. The zero-order chi connectivity index (χ0) is 19.0. The van der Waals surface area contributed by atoms with Gasteiger partial charge in [-0.2, -0.15) is 13.2 Å². The van der Waals surface area contributed by atoms with E-state index in [4.69, 9.17) is 5.11 Å². The Morgan fingerprint density at radius 3 is 2.56 bits per heavy atom. The first kappa shape index (κ1) is 19.9. The Balaban J connectivity index is 2.18. The Kier molecular flexibility index (Phi) is 5.60. The predicted molar refractivity (Wildman–Crippen MR) is 89.7 cm³/mol. The zero-order valence-electron chi connectivity index (χ0n) is 14.3. The summed E-state index contributed by atoms with van der Waals surface area (Å²) in [5, 5.41) is 8.91. The number of hydrogen-bond acceptors (Lipinski definition) is 3. The lowest BCUT2D eigenvalue weighted by Gasteiger charge is -2.23. The van der Waals surface area contributed by atoms with Crippen LogP contribution in [0.25, 0.3) is 0 Å². The first-order chi connectivity index (χ1) is 11.4. The van der Waals surface area contributed by atoms with Crippen LogP contribution in [-0.2, 0) is 27.0 Å². The summed E-state index contributed by atoms with van der Waals surface area (Å²) < 4.78 is 53.7. The predicted octanol–water partition coefficient (Wildman–Crippen LogP) is 2.58. The van der Waals surface area contributed by atoms with Gasteiger partial charge >= 0.3 is 12.1 Å². The third-order valence-corrected chi connectivity index (χ3v) is 6.20. The fourth-order valence-electron chi connectivity index (χ4n) is 2.96. The molecular weight excluding hydrogens is 357 g/mol. The summed E-state index contributed by atoms with van der Waals surface area (Å²) in [6, 6.07) is 3.13. The van der Waals surface area contributed by atoms with Crippen LogP contribution < -0.4 is 0 Å². The van der Waals surface area contributed by atoms with Gasteiger partial charge in [0.2, 0.25) is 0 Å². The minimum absolute atomic E-state index is 0.0233. The molecule has 1 aromatic carbocycles. The maximum atomic E-state index is 13.3. The molecule has 1 aliphatic rings. The topological polar surface area (TPSA) is 60.9 Å². The van der Waals surface area contributed by atoms with Gasteiger partial charge in [0.1, 0.15) is 12.5 Å². The van der Waals surface area contributed by atoms with Gasteiger partial charge in [-0.1, -0.05) is 10.3 Å². The SMILES string of the molecule is CN([C@@H]1CCN(Cc2ccc(C(=O)O)cc2C(F)(F)F)C1)[S+](C)(C)=O. The van der Waals surface area contributed by atoms with Crippen LogP contribution in [0.1, 0.15) is 27.9 Å². The number of aromatic carboxylic acids is 1. The summed E-state index contributed by atoms with van der Waals surface area (Å²) >= 11 is 0. The highest BCUT2D eigenvalue weighted by Crippen LogP contribution is 2.34. The molecular formula is C16H22F3N2O3S+. The number of rotatable bonds is 5. The van der Waals surface area contributed by atoms with E-state index in [2.05, 4.69) is 0 Å². The number of carboxylic acid groups (broad SMARTS) is 1. The van der Waals surface area contributed by atoms with Crippen LogP contribution >= 0.6 is 0 Å². The molecule has 0 radical (unpaired) electrons. The number of halogens is 3. The fourth-order valence-corrected chi connectivity index (χ4v) is 3.85. The second-order valence-electron chi connectivity index (χ2n) is 6.58. The van der Waals surface area contributed by atoms with Gasteiger partial charge in [0, 0.05) is 26.7 Å². The second-order valence-corrected chi connectivity index (χ2v) is 9.52. The Morgan fingerprint density at radius 2 is 2.04 bits per heavy atom. The van der Waals surface area contributed by atoms with Gasteiger partial charge in [-0.25, -0.2) is 4.79 Å². The van der Waals surface area contributed by atoms with Crippen molar-refractivity contribution in [3.63, 3.8) is 0 Å². The van der Waals surface area contributed by atoms with E-state index in [0.717, 1.165) is 6.42 Å². The molecule has 5 nitrogen and oxygen atoms in total. The lowest BCUT2D eigenvalue weighted by Crippen LogP contribution is -2.41. The molecule has 9 heteroatoms. The lowest BCUT2D eigenvalue weighted by atomic mass is 10.0. The molecule has 0 saturated carbocycles. The molecule has 1 fully saturated rings. The van der Waals surface area contributed by atoms with Gasteiger partial charge in [0.15, 0.2) is 10.1 Å². The van der Waals surface area contributed by atoms with Gasteiger partial charge in [-0.3, -0.25) is 4.90 Å². The monoisotopic (exact) mass is 379 g/mol. The maximum absolute atomic E-state index is 13.3. The highest BCUT2D eigenvalue weighted by molar-refractivity contribution is 7.99. The first-order valence-electron chi connectivity index (χ1n) is 7.72. The second kappa shape index (κ2) is 7.05. The molecule has 0 spiro atoms. The molecule has 0 bridgehead atoms. The van der Waals surface area contributed by atoms with Crippen molar-refractivity contribution in [3.8, 4) is 0 Å². The summed E-state index contributed by atoms with van der Waals surface area (Å²) in [7, 11) is -0.354. The van der Waals surface area contributed by atoms with Crippen molar-refractivity contribution >= 4 is 16.1 Å². The average molecular weight is 379 g/mol. The van der Waals surface area contributed by atoms with Crippen molar-refractivity contribution in [2.45, 2.75) is 25.2 Å². The highest BCUT2D eigenvalue weighted by Gasteiger charge is 2.37. The molecule has 1 aliphatic heterocycles. The average Bonchev–Trinajstić information content (AvgIpc) is 2.92. The van der Waals surface area contributed by atoms with E-state index in [0.29, 0.717) is 19.2 Å². The highest BCUT2D eigenvalue weighted by atomic mass is 32.3. The van der Waals surface area contributed by atoms with Crippen molar-refractivity contribution in [2.75, 3.05) is 32.6 Å². The summed E-state index contributed by atoms with van der Waals surface area (Å²) in [4.78, 5) is 12.8. The molecule has 0 amide bonds. The third-order valence-electron chi connectivity index (χ3n) is 4.51. The summed E-state index contributed by atoms with van der Waals surface area (Å²) in [6.45, 7) is 1.20. The van der Waals surface area contributed by atoms with Gasteiger partial charge < -0.3 is 5.11 Å². The smallest absolute Gasteiger partial charge is 0.416 e. The molecule has 0 aliphatic carbocycles. The third kappa shape index (κ3) is 4.80. The van der Waals surface area contributed by atoms with E-state index in [1.54, 1.807) is 23.9 Å². The zero-order valence-corrected chi connectivity index (χ0v) is 15.2. The molecule has 2 rings (SSSR count). The summed E-state index contributed by atoms with van der Waals surface area (Å²) in [5.41, 5.74) is -1.25. The quantitative estimate of drug-likeness (QED) is 0.799. The van der Waals surface area contributed by atoms with E-state index < -0.39 is 27.8 Å². The number of benzene rings is 1. The molecule has 0 unspecified atom stereocenters. The lowest BCUT2D eigenvalue weighted by molar-refractivity contribution is -0.138. The van der Waals surface area contributed by atoms with E-state index in [-0.39, 0.29) is 23.7 Å². The van der Waals surface area contributed by atoms with E-state index in [1.807, 2.05) is 4.90 Å². The minimum atomic E-state index is -4.61. The molecule has 1 atom stereocenters. The van der Waals surface area contributed by atoms with E-state index in [9.17, 15) is 22.2 Å². The van der Waals surface area contributed by atoms with Crippen molar-refractivity contribution in [1.29, 1.82) is 0 Å². The Bertz CT molecular complexity index is 702. The number of carboxylic acids is 1. The Hall–Kier alpha value is -1.45. The van der Waals surface area contributed by atoms with E-state index >= 15 is 0 Å². The normalized spacial score (nSPS) is 19.6. The number of likely N-dealkylation sites (N-methyl/N-ethyl adjacent to an activating group) is 1. The minimum Gasteiger partial charge on any atom is -0.478 e. The number of nitrogens with zero attached hydrogens (tertiary/aromatic N) is 2. The van der Waals surface area contributed by atoms with Crippen LogP contribution in [0.5, 0.6) is 0 Å². The standard InChI is InChI=1S/C16H21F3N2O3S/c1-20(25(2,3)24)13-6-7-21(10-13)9-12-5-4-11(15(22)23)8-14(12)16(17,18)19/h4-5,8,13H,6-7,9-10H2,1-3H3/p+1/t13-/m1/s1.